The molecular formula is C18H25N3O3S. The molecule has 1 N–H and O–H groups in total. The number of carbonyl (C=O) groups is 2. The Kier molecular flexibility index (Phi) is 7.31. The van der Waals surface area contributed by atoms with Crippen LogP contribution in [0.1, 0.15) is 33.6 Å². The summed E-state index contributed by atoms with van der Waals surface area (Å²) in [6.07, 6.45) is 1.11. The molecule has 0 bridgehead atoms. The molecule has 0 saturated carbocycles. The molecule has 1 aliphatic heterocycles. The van der Waals surface area contributed by atoms with Crippen molar-refractivity contribution in [2.45, 2.75) is 38.9 Å². The van der Waals surface area contributed by atoms with Gasteiger partial charge >= 0.3 is 0 Å². The van der Waals surface area contributed by atoms with Gasteiger partial charge in [-0.05, 0) is 44.5 Å². The number of thioether (sulfide) groups is 1. The molecule has 7 heteroatoms. The minimum absolute atomic E-state index is 0.183. The van der Waals surface area contributed by atoms with Crippen molar-refractivity contribution in [3.63, 3.8) is 0 Å². The number of hydrogen-bond donors (Lipinski definition) is 1. The number of rotatable bonds is 7. The molecule has 0 aliphatic carbocycles. The Bertz CT molecular complexity index is 631. The van der Waals surface area contributed by atoms with Crippen molar-refractivity contribution in [2.24, 2.45) is 4.99 Å². The summed E-state index contributed by atoms with van der Waals surface area (Å²) >= 11 is 1.33. The average Bonchev–Trinajstić information content (AvgIpc) is 2.88. The molecule has 2 amide bonds. The summed E-state index contributed by atoms with van der Waals surface area (Å²) in [6.45, 7) is 7.95. The lowest BCUT2D eigenvalue weighted by molar-refractivity contribution is -0.121. The fourth-order valence-corrected chi connectivity index (χ4v) is 3.58. The molecule has 136 valence electrons. The van der Waals surface area contributed by atoms with E-state index in [4.69, 9.17) is 4.74 Å². The molecule has 1 atom stereocenters. The van der Waals surface area contributed by atoms with Crippen LogP contribution >= 0.6 is 11.8 Å². The van der Waals surface area contributed by atoms with Crippen LogP contribution in [0.3, 0.4) is 0 Å². The Hall–Kier alpha value is -2.02. The number of hydrogen-bond acceptors (Lipinski definition) is 5. The Balaban J connectivity index is 2.08. The normalized spacial score (nSPS) is 18.0. The molecule has 1 fully saturated rings. The molecule has 0 radical (unpaired) electrons. The highest BCUT2D eigenvalue weighted by atomic mass is 32.2. The second-order valence-electron chi connectivity index (χ2n) is 5.53. The van der Waals surface area contributed by atoms with Crippen LogP contribution in [0.5, 0.6) is 5.75 Å². The lowest BCUT2D eigenvalue weighted by atomic mass is 10.3. The minimum Gasteiger partial charge on any atom is -0.494 e. The van der Waals surface area contributed by atoms with Crippen LogP contribution in [0, 0.1) is 0 Å². The van der Waals surface area contributed by atoms with Gasteiger partial charge in [0.1, 0.15) is 11.0 Å². The number of amides is 2. The van der Waals surface area contributed by atoms with Gasteiger partial charge in [0.15, 0.2) is 5.17 Å². The summed E-state index contributed by atoms with van der Waals surface area (Å²) < 4.78 is 5.54. The number of aliphatic imine (C=N–C) groups is 1. The van der Waals surface area contributed by atoms with Crippen molar-refractivity contribution in [2.75, 3.05) is 24.6 Å². The Morgan fingerprint density at radius 1 is 1.28 bits per heavy atom. The van der Waals surface area contributed by atoms with Crippen molar-refractivity contribution in [3.8, 4) is 5.75 Å². The molecular weight excluding hydrogens is 338 g/mol. The summed E-state index contributed by atoms with van der Waals surface area (Å²) in [6, 6.07) is 7.07. The van der Waals surface area contributed by atoms with E-state index in [0.29, 0.717) is 24.0 Å². The number of nitrogens with one attached hydrogen (secondary N) is 1. The van der Waals surface area contributed by atoms with E-state index in [1.807, 2.05) is 20.8 Å². The Morgan fingerprint density at radius 3 is 2.60 bits per heavy atom. The lowest BCUT2D eigenvalue weighted by Gasteiger charge is -2.16. The molecule has 1 aromatic rings. The van der Waals surface area contributed by atoms with E-state index >= 15 is 0 Å². The van der Waals surface area contributed by atoms with Gasteiger partial charge in [0, 0.05) is 19.5 Å². The summed E-state index contributed by atoms with van der Waals surface area (Å²) in [5.74, 6) is 0.358. The maximum atomic E-state index is 12.7. The molecule has 6 nitrogen and oxygen atoms in total. The van der Waals surface area contributed by atoms with Crippen LogP contribution in [-0.4, -0.2) is 41.9 Å². The predicted molar refractivity (Wildman–Crippen MR) is 102 cm³/mol. The van der Waals surface area contributed by atoms with Crippen LogP contribution in [0.2, 0.25) is 0 Å². The van der Waals surface area contributed by atoms with Crippen LogP contribution in [-0.2, 0) is 9.59 Å². The highest BCUT2D eigenvalue weighted by molar-refractivity contribution is 8.15. The van der Waals surface area contributed by atoms with Gasteiger partial charge in [0.2, 0.25) is 11.8 Å². The highest BCUT2D eigenvalue weighted by Gasteiger charge is 2.40. The van der Waals surface area contributed by atoms with Crippen molar-refractivity contribution in [1.29, 1.82) is 0 Å². The van der Waals surface area contributed by atoms with E-state index in [0.717, 1.165) is 18.7 Å². The summed E-state index contributed by atoms with van der Waals surface area (Å²) in [5, 5.41) is 3.41. The molecule has 1 heterocycles. The van der Waals surface area contributed by atoms with Crippen LogP contribution in [0.4, 0.5) is 5.69 Å². The maximum absolute atomic E-state index is 12.7. The summed E-state index contributed by atoms with van der Waals surface area (Å²) in [7, 11) is 0. The Morgan fingerprint density at radius 2 is 2.00 bits per heavy atom. The van der Waals surface area contributed by atoms with E-state index < -0.39 is 5.25 Å². The zero-order valence-corrected chi connectivity index (χ0v) is 15.8. The fourth-order valence-electron chi connectivity index (χ4n) is 2.44. The van der Waals surface area contributed by atoms with E-state index in [2.05, 4.69) is 10.3 Å². The molecule has 25 heavy (non-hydrogen) atoms. The topological polar surface area (TPSA) is 71.0 Å². The standard InChI is InChI=1S/C18H25N3O3S/c1-4-11-24-14-9-7-13(8-10-14)21-16(22)12-15(17(21)23)25-18(19-5-2)20-6-3/h7-10,15H,4-6,11-12H2,1-3H3,(H,19,20)/t15-/m1/s1. The molecule has 1 saturated heterocycles. The van der Waals surface area contributed by atoms with Gasteiger partial charge in [-0.25, -0.2) is 4.90 Å². The van der Waals surface area contributed by atoms with E-state index in [1.54, 1.807) is 24.3 Å². The summed E-state index contributed by atoms with van der Waals surface area (Å²) in [4.78, 5) is 30.6. The van der Waals surface area contributed by atoms with E-state index in [1.165, 1.54) is 16.7 Å². The zero-order chi connectivity index (χ0) is 18.2. The quantitative estimate of drug-likeness (QED) is 0.458. The molecule has 0 aromatic heterocycles. The van der Waals surface area contributed by atoms with Gasteiger partial charge in [-0.2, -0.15) is 0 Å². The third kappa shape index (κ3) is 4.98. The second kappa shape index (κ2) is 9.46. The first-order valence-corrected chi connectivity index (χ1v) is 9.53. The predicted octanol–water partition coefficient (Wildman–Crippen LogP) is 2.83. The van der Waals surface area contributed by atoms with Crippen LogP contribution in [0.25, 0.3) is 0 Å². The van der Waals surface area contributed by atoms with Crippen molar-refractivity contribution in [3.05, 3.63) is 24.3 Å². The smallest absolute Gasteiger partial charge is 0.247 e. The maximum Gasteiger partial charge on any atom is 0.247 e. The Labute approximate surface area is 153 Å². The van der Waals surface area contributed by atoms with Gasteiger partial charge in [-0.1, -0.05) is 18.7 Å². The monoisotopic (exact) mass is 363 g/mol. The van der Waals surface area contributed by atoms with Gasteiger partial charge in [-0.3, -0.25) is 14.6 Å². The first-order valence-electron chi connectivity index (χ1n) is 8.65. The first kappa shape index (κ1) is 19.3. The van der Waals surface area contributed by atoms with Gasteiger partial charge < -0.3 is 10.1 Å². The van der Waals surface area contributed by atoms with Crippen LogP contribution < -0.4 is 15.0 Å². The molecule has 2 rings (SSSR count). The van der Waals surface area contributed by atoms with Gasteiger partial charge in [0.25, 0.3) is 0 Å². The fraction of sp³-hybridized carbons (Fsp3) is 0.500. The molecule has 0 unspecified atom stereocenters. The number of carbonyl (C=O) groups excluding carboxylic acids is 2. The number of imide groups is 1. The zero-order valence-electron chi connectivity index (χ0n) is 14.9. The number of benzene rings is 1. The number of anilines is 1. The first-order chi connectivity index (χ1) is 12.1. The van der Waals surface area contributed by atoms with Gasteiger partial charge in [-0.15, -0.1) is 0 Å². The van der Waals surface area contributed by atoms with Crippen molar-refractivity contribution >= 4 is 34.4 Å². The van der Waals surface area contributed by atoms with Crippen molar-refractivity contribution in [1.82, 2.24) is 5.32 Å². The highest BCUT2D eigenvalue weighted by Crippen LogP contribution is 2.31. The number of nitrogens with zero attached hydrogens (tertiary/aromatic N) is 2. The molecule has 1 aliphatic rings. The van der Waals surface area contributed by atoms with Gasteiger partial charge in [0.05, 0.1) is 12.3 Å². The average molecular weight is 363 g/mol. The second-order valence-corrected chi connectivity index (χ2v) is 6.72. The SMILES string of the molecule is CCCOc1ccc(N2C(=O)C[C@@H](SC(=NCC)NCC)C2=O)cc1. The molecule has 1 aromatic carbocycles. The molecule has 0 spiro atoms. The third-order valence-corrected chi connectivity index (χ3v) is 4.71. The lowest BCUT2D eigenvalue weighted by Crippen LogP contribution is -2.32. The number of amidine groups is 1. The van der Waals surface area contributed by atoms with E-state index in [9.17, 15) is 9.59 Å². The van der Waals surface area contributed by atoms with Crippen LogP contribution in [0.15, 0.2) is 29.3 Å². The minimum atomic E-state index is -0.437. The largest absolute Gasteiger partial charge is 0.494 e. The van der Waals surface area contributed by atoms with Crippen molar-refractivity contribution < 1.29 is 14.3 Å². The summed E-state index contributed by atoms with van der Waals surface area (Å²) in [5.41, 5.74) is 0.583. The third-order valence-electron chi connectivity index (χ3n) is 3.56. The van der Waals surface area contributed by atoms with E-state index in [-0.39, 0.29) is 18.2 Å². The number of ether oxygens (including phenoxy) is 1.